The number of nitrogen functional groups attached to an aromatic ring is 1. The van der Waals surface area contributed by atoms with Crippen LogP contribution in [0.4, 0.5) is 5.69 Å². The number of esters is 1. The van der Waals surface area contributed by atoms with Gasteiger partial charge in [0, 0.05) is 30.8 Å². The fourth-order valence-corrected chi connectivity index (χ4v) is 1.49. The van der Waals surface area contributed by atoms with Gasteiger partial charge >= 0.3 is 5.97 Å². The first-order chi connectivity index (χ1) is 8.04. The lowest BCUT2D eigenvalue weighted by molar-refractivity contribution is 0.0268. The molecule has 0 aliphatic rings. The molecule has 0 fully saturated rings. The number of hydrogen-bond acceptors (Lipinski definition) is 4. The van der Waals surface area contributed by atoms with Gasteiger partial charge in [0.25, 0.3) is 0 Å². The number of benzene rings is 1. The van der Waals surface area contributed by atoms with Gasteiger partial charge in [-0.25, -0.2) is 4.79 Å². The van der Waals surface area contributed by atoms with Crippen LogP contribution >= 0.6 is 11.6 Å². The Morgan fingerprint density at radius 1 is 1.53 bits per heavy atom. The molecule has 0 spiro atoms. The van der Waals surface area contributed by atoms with Crippen molar-refractivity contribution in [1.29, 1.82) is 0 Å². The summed E-state index contributed by atoms with van der Waals surface area (Å²) in [4.78, 5) is 11.8. The summed E-state index contributed by atoms with van der Waals surface area (Å²) in [7, 11) is 1.60. The summed E-state index contributed by atoms with van der Waals surface area (Å²) < 4.78 is 10.1. The van der Waals surface area contributed by atoms with Crippen molar-refractivity contribution in [1.82, 2.24) is 0 Å². The fraction of sp³-hybridized carbons (Fsp3) is 0.417. The van der Waals surface area contributed by atoms with Gasteiger partial charge in [0.2, 0.25) is 0 Å². The Labute approximate surface area is 106 Å². The average Bonchev–Trinajstić information content (AvgIpc) is 2.26. The van der Waals surface area contributed by atoms with Crippen LogP contribution in [0.3, 0.4) is 0 Å². The number of rotatable bonds is 5. The van der Waals surface area contributed by atoms with E-state index in [4.69, 9.17) is 26.8 Å². The van der Waals surface area contributed by atoms with Crippen molar-refractivity contribution in [2.45, 2.75) is 19.4 Å². The van der Waals surface area contributed by atoms with E-state index in [0.717, 1.165) is 0 Å². The molecule has 0 radical (unpaired) electrons. The smallest absolute Gasteiger partial charge is 0.340 e. The van der Waals surface area contributed by atoms with Gasteiger partial charge in [0.15, 0.2) is 0 Å². The van der Waals surface area contributed by atoms with Gasteiger partial charge in [-0.15, -0.1) is 0 Å². The molecule has 4 nitrogen and oxygen atoms in total. The van der Waals surface area contributed by atoms with Crippen molar-refractivity contribution < 1.29 is 14.3 Å². The van der Waals surface area contributed by atoms with E-state index in [-0.39, 0.29) is 6.10 Å². The van der Waals surface area contributed by atoms with Crippen molar-refractivity contribution in [3.05, 3.63) is 28.8 Å². The molecule has 0 aliphatic heterocycles. The minimum absolute atomic E-state index is 0.211. The number of hydrogen-bond donors (Lipinski definition) is 1. The molecule has 94 valence electrons. The highest BCUT2D eigenvalue weighted by molar-refractivity contribution is 6.31. The third kappa shape index (κ3) is 4.24. The van der Waals surface area contributed by atoms with Crippen LogP contribution in [0.15, 0.2) is 18.2 Å². The molecule has 1 aromatic carbocycles. The minimum Gasteiger partial charge on any atom is -0.459 e. The topological polar surface area (TPSA) is 61.5 Å². The van der Waals surface area contributed by atoms with Crippen molar-refractivity contribution in [2.75, 3.05) is 19.5 Å². The summed E-state index contributed by atoms with van der Waals surface area (Å²) in [5.74, 6) is -0.442. The summed E-state index contributed by atoms with van der Waals surface area (Å²) in [5, 5.41) is 0.492. The standard InChI is InChI=1S/C12H16ClNO3/c1-8(5-6-16-2)17-12(15)10-4-3-9(13)7-11(10)14/h3-4,7-8H,5-6,14H2,1-2H3. The monoisotopic (exact) mass is 257 g/mol. The first-order valence-electron chi connectivity index (χ1n) is 5.29. The quantitative estimate of drug-likeness (QED) is 0.650. The number of carbonyl (C=O) groups excluding carboxylic acids is 1. The highest BCUT2D eigenvalue weighted by Crippen LogP contribution is 2.19. The van der Waals surface area contributed by atoms with E-state index in [2.05, 4.69) is 0 Å². The van der Waals surface area contributed by atoms with Crippen LogP contribution in [0.25, 0.3) is 0 Å². The molecule has 0 saturated heterocycles. The van der Waals surface area contributed by atoms with Gasteiger partial charge in [-0.1, -0.05) is 11.6 Å². The van der Waals surface area contributed by atoms with Gasteiger partial charge < -0.3 is 15.2 Å². The zero-order valence-corrected chi connectivity index (χ0v) is 10.7. The molecule has 0 saturated carbocycles. The molecule has 0 heterocycles. The summed E-state index contributed by atoms with van der Waals surface area (Å²) in [6.45, 7) is 2.35. The van der Waals surface area contributed by atoms with Gasteiger partial charge in [-0.05, 0) is 25.1 Å². The molecule has 5 heteroatoms. The van der Waals surface area contributed by atoms with Gasteiger partial charge in [0.1, 0.15) is 6.10 Å². The predicted octanol–water partition coefficient (Wildman–Crippen LogP) is 2.50. The third-order valence-electron chi connectivity index (χ3n) is 2.27. The van der Waals surface area contributed by atoms with E-state index >= 15 is 0 Å². The number of anilines is 1. The van der Waals surface area contributed by atoms with E-state index in [1.807, 2.05) is 6.92 Å². The molecule has 17 heavy (non-hydrogen) atoms. The minimum atomic E-state index is -0.442. The number of nitrogens with two attached hydrogens (primary N) is 1. The number of halogens is 1. The number of carbonyl (C=O) groups is 1. The summed E-state index contributed by atoms with van der Waals surface area (Å²) in [6, 6.07) is 4.69. The molecule has 0 aromatic heterocycles. The number of ether oxygens (including phenoxy) is 2. The zero-order valence-electron chi connectivity index (χ0n) is 9.90. The first kappa shape index (κ1) is 13.8. The van der Waals surface area contributed by atoms with Crippen molar-refractivity contribution in [3.8, 4) is 0 Å². The Morgan fingerprint density at radius 2 is 2.24 bits per heavy atom. The van der Waals surface area contributed by atoms with Crippen LogP contribution in [-0.2, 0) is 9.47 Å². The molecule has 0 amide bonds. The van der Waals surface area contributed by atoms with Crippen LogP contribution < -0.4 is 5.73 Å². The second kappa shape index (κ2) is 6.47. The van der Waals surface area contributed by atoms with E-state index in [0.29, 0.717) is 29.3 Å². The summed E-state index contributed by atoms with van der Waals surface area (Å²) in [5.41, 5.74) is 6.34. The first-order valence-corrected chi connectivity index (χ1v) is 5.67. The van der Waals surface area contributed by atoms with Gasteiger partial charge in [-0.3, -0.25) is 0 Å². The third-order valence-corrected chi connectivity index (χ3v) is 2.51. The molecule has 0 bridgehead atoms. The lowest BCUT2D eigenvalue weighted by Crippen LogP contribution is -2.17. The van der Waals surface area contributed by atoms with E-state index in [9.17, 15) is 4.79 Å². The molecule has 2 N–H and O–H groups in total. The second-order valence-electron chi connectivity index (χ2n) is 3.73. The van der Waals surface area contributed by atoms with E-state index in [1.54, 1.807) is 19.2 Å². The van der Waals surface area contributed by atoms with Crippen molar-refractivity contribution in [2.24, 2.45) is 0 Å². The van der Waals surface area contributed by atoms with Gasteiger partial charge in [0.05, 0.1) is 5.56 Å². The lowest BCUT2D eigenvalue weighted by atomic mass is 10.2. The molecule has 0 aliphatic carbocycles. The lowest BCUT2D eigenvalue weighted by Gasteiger charge is -2.13. The maximum Gasteiger partial charge on any atom is 0.340 e. The van der Waals surface area contributed by atoms with Crippen LogP contribution in [-0.4, -0.2) is 25.8 Å². The van der Waals surface area contributed by atoms with Crippen molar-refractivity contribution in [3.63, 3.8) is 0 Å². The van der Waals surface area contributed by atoms with Crippen LogP contribution in [0.5, 0.6) is 0 Å². The van der Waals surface area contributed by atoms with E-state index < -0.39 is 5.97 Å². The Morgan fingerprint density at radius 3 is 2.82 bits per heavy atom. The van der Waals surface area contributed by atoms with E-state index in [1.165, 1.54) is 6.07 Å². The predicted molar refractivity (Wildman–Crippen MR) is 67.2 cm³/mol. The average molecular weight is 258 g/mol. The van der Waals surface area contributed by atoms with Gasteiger partial charge in [-0.2, -0.15) is 0 Å². The molecule has 1 aromatic rings. The number of methoxy groups -OCH3 is 1. The molecular weight excluding hydrogens is 242 g/mol. The Hall–Kier alpha value is -1.26. The van der Waals surface area contributed by atoms with Crippen LogP contribution in [0.1, 0.15) is 23.7 Å². The second-order valence-corrected chi connectivity index (χ2v) is 4.17. The highest BCUT2D eigenvalue weighted by Gasteiger charge is 2.14. The fourth-order valence-electron chi connectivity index (χ4n) is 1.31. The maximum absolute atomic E-state index is 11.8. The molecule has 1 rings (SSSR count). The highest BCUT2D eigenvalue weighted by atomic mass is 35.5. The largest absolute Gasteiger partial charge is 0.459 e. The maximum atomic E-state index is 11.8. The summed E-state index contributed by atoms with van der Waals surface area (Å²) in [6.07, 6.45) is 0.438. The molecule has 1 unspecified atom stereocenters. The van der Waals surface area contributed by atoms with Crippen LogP contribution in [0, 0.1) is 0 Å². The zero-order chi connectivity index (χ0) is 12.8. The van der Waals surface area contributed by atoms with Crippen molar-refractivity contribution >= 4 is 23.3 Å². The molecule has 1 atom stereocenters. The Kier molecular flexibility index (Phi) is 5.25. The normalized spacial score (nSPS) is 12.2. The Balaban J connectivity index is 2.63. The SMILES string of the molecule is COCCC(C)OC(=O)c1ccc(Cl)cc1N. The van der Waals surface area contributed by atoms with Crippen LogP contribution in [0.2, 0.25) is 5.02 Å². The summed E-state index contributed by atoms with van der Waals surface area (Å²) >= 11 is 5.75. The Bertz CT molecular complexity index is 395. The molecular formula is C12H16ClNO3.